The number of hydrogen-bond acceptors (Lipinski definition) is 6. The minimum atomic E-state index is -4.03. The van der Waals surface area contributed by atoms with Gasteiger partial charge in [-0.3, -0.25) is 9.59 Å². The van der Waals surface area contributed by atoms with Crippen molar-refractivity contribution in [1.29, 1.82) is 0 Å². The normalized spacial score (nSPS) is 16.4. The number of rotatable bonds is 9. The largest absolute Gasteiger partial charge is 0.495 e. The molecular weight excluding hydrogens is 614 g/mol. The summed E-state index contributed by atoms with van der Waals surface area (Å²) in [6.07, 6.45) is 1.53. The third-order valence-corrected chi connectivity index (χ3v) is 9.99. The molecule has 2 heterocycles. The number of methoxy groups -OCH3 is 2. The molecule has 6 rings (SSSR count). The molecule has 1 N–H and O–H groups in total. The number of nitrogens with one attached hydrogen (secondary N) is 1. The number of carbonyl (C=O) groups excluding carboxylic acids is 2. The fourth-order valence-corrected chi connectivity index (χ4v) is 7.59. The highest BCUT2D eigenvalue weighted by Gasteiger charge is 2.45. The third kappa shape index (κ3) is 5.45. The van der Waals surface area contributed by atoms with Gasteiger partial charge in [-0.25, -0.2) is 12.4 Å². The van der Waals surface area contributed by atoms with Gasteiger partial charge in [-0.1, -0.05) is 66.2 Å². The van der Waals surface area contributed by atoms with E-state index in [1.54, 1.807) is 89.8 Å². The van der Waals surface area contributed by atoms with Gasteiger partial charge in [0.05, 0.1) is 41.1 Å². The number of hydrogen-bond donors (Lipinski definition) is 1. The van der Waals surface area contributed by atoms with Crippen molar-refractivity contribution in [3.63, 3.8) is 0 Å². The van der Waals surface area contributed by atoms with Crippen molar-refractivity contribution < 1.29 is 27.5 Å². The summed E-state index contributed by atoms with van der Waals surface area (Å²) in [7, 11) is -0.990. The summed E-state index contributed by atoms with van der Waals surface area (Å²) < 4.78 is 39.8. The number of anilines is 1. The van der Waals surface area contributed by atoms with Crippen LogP contribution in [0.1, 0.15) is 33.4 Å². The zero-order chi connectivity index (χ0) is 31.7. The third-order valence-electron chi connectivity index (χ3n) is 8.00. The topological polar surface area (TPSA) is 107 Å². The van der Waals surface area contributed by atoms with Gasteiger partial charge >= 0.3 is 0 Å². The van der Waals surface area contributed by atoms with Crippen LogP contribution in [0.3, 0.4) is 0 Å². The molecule has 1 aliphatic rings. The smallest absolute Gasteiger partial charge is 0.268 e. The number of fused-ring (bicyclic) bond motifs is 2. The molecule has 0 saturated carbocycles. The van der Waals surface area contributed by atoms with E-state index in [2.05, 4.69) is 5.32 Å². The molecule has 4 aromatic carbocycles. The predicted octanol–water partition coefficient (Wildman–Crippen LogP) is 6.11. The molecule has 1 aliphatic heterocycles. The van der Waals surface area contributed by atoms with Crippen molar-refractivity contribution in [3.05, 3.63) is 125 Å². The Labute approximate surface area is 266 Å². The summed E-state index contributed by atoms with van der Waals surface area (Å²) in [5, 5.41) is 3.89. The lowest BCUT2D eigenvalue weighted by molar-refractivity contribution is -0.119. The molecule has 0 aliphatic carbocycles. The number of amides is 2. The first-order valence-corrected chi connectivity index (χ1v) is 16.0. The van der Waals surface area contributed by atoms with Crippen molar-refractivity contribution in [1.82, 2.24) is 8.87 Å². The van der Waals surface area contributed by atoms with Crippen LogP contribution in [0.4, 0.5) is 5.69 Å². The van der Waals surface area contributed by atoms with Gasteiger partial charge in [0, 0.05) is 42.1 Å². The Morgan fingerprint density at radius 1 is 0.911 bits per heavy atom. The maximum Gasteiger partial charge on any atom is 0.268 e. The molecule has 1 aromatic heterocycles. The van der Waals surface area contributed by atoms with Crippen LogP contribution in [0.25, 0.3) is 10.9 Å². The lowest BCUT2D eigenvalue weighted by atomic mass is 9.79. The Morgan fingerprint density at radius 3 is 2.36 bits per heavy atom. The second kappa shape index (κ2) is 12.4. The summed E-state index contributed by atoms with van der Waals surface area (Å²) in [6.45, 7) is 0.366. The fraction of sp³-hybridized carbons (Fsp3) is 0.176. The van der Waals surface area contributed by atoms with E-state index in [0.29, 0.717) is 44.1 Å². The van der Waals surface area contributed by atoms with Crippen LogP contribution in [0.5, 0.6) is 5.75 Å². The van der Waals surface area contributed by atoms with Crippen molar-refractivity contribution in [3.8, 4) is 5.75 Å². The zero-order valence-electron chi connectivity index (χ0n) is 24.5. The quantitative estimate of drug-likeness (QED) is 0.208. The van der Waals surface area contributed by atoms with Crippen LogP contribution < -0.4 is 10.1 Å². The second-order valence-electron chi connectivity index (χ2n) is 10.6. The van der Waals surface area contributed by atoms with Gasteiger partial charge in [-0.05, 0) is 48.0 Å². The van der Waals surface area contributed by atoms with Gasteiger partial charge in [0.1, 0.15) is 5.75 Å². The van der Waals surface area contributed by atoms with Gasteiger partial charge < -0.3 is 19.7 Å². The van der Waals surface area contributed by atoms with Crippen LogP contribution in [0.2, 0.25) is 5.02 Å². The summed E-state index contributed by atoms with van der Waals surface area (Å²) in [5.41, 5.74) is 2.29. The second-order valence-corrected chi connectivity index (χ2v) is 12.8. The maximum absolute atomic E-state index is 14.4. The molecule has 45 heavy (non-hydrogen) atoms. The highest BCUT2D eigenvalue weighted by molar-refractivity contribution is 7.90. The molecule has 9 nitrogen and oxygen atoms in total. The summed E-state index contributed by atoms with van der Waals surface area (Å²) in [6, 6.07) is 26.2. The Balaban J connectivity index is 1.56. The van der Waals surface area contributed by atoms with Crippen LogP contribution in [0, 0.1) is 0 Å². The zero-order valence-corrected chi connectivity index (χ0v) is 26.1. The first kappa shape index (κ1) is 30.4. The molecule has 230 valence electrons. The minimum absolute atomic E-state index is 0.115. The molecule has 0 saturated heterocycles. The lowest BCUT2D eigenvalue weighted by Crippen LogP contribution is -2.47. The van der Waals surface area contributed by atoms with E-state index < -0.39 is 27.9 Å². The molecule has 0 spiro atoms. The average molecular weight is 644 g/mol. The standard InChI is InChI=1S/C34H30ClN3O6S/c1-43-19-18-37-32(27-21-38(29-15-9-8-12-24(27)29)45(41,42)23-10-4-3-5-11-23)31(25-13-6-7-14-26(25)34(37)40)33(39)36-22-16-17-30(44-2)28(35)20-22/h3-17,20-21,31-32H,18-19H2,1-2H3,(H,36,39)/t31-,32-/m0/s1. The number of halogens is 1. The number of ether oxygens (including phenoxy) is 2. The number of carbonyl (C=O) groups is 2. The highest BCUT2D eigenvalue weighted by atomic mass is 35.5. The highest BCUT2D eigenvalue weighted by Crippen LogP contribution is 2.46. The van der Waals surface area contributed by atoms with Crippen molar-refractivity contribution in [2.45, 2.75) is 16.9 Å². The van der Waals surface area contributed by atoms with Gasteiger partial charge in [0.15, 0.2) is 0 Å². The van der Waals surface area contributed by atoms with E-state index in [0.717, 1.165) is 0 Å². The van der Waals surface area contributed by atoms with Crippen molar-refractivity contribution in [2.75, 3.05) is 32.7 Å². The Hall–Kier alpha value is -4.64. The molecule has 2 amide bonds. The fourth-order valence-electron chi connectivity index (χ4n) is 5.94. The Kier molecular flexibility index (Phi) is 8.37. The van der Waals surface area contributed by atoms with Gasteiger partial charge in [-0.15, -0.1) is 0 Å². The summed E-state index contributed by atoms with van der Waals surface area (Å²) in [5.74, 6) is -1.15. The van der Waals surface area contributed by atoms with Crippen LogP contribution in [-0.4, -0.2) is 56.5 Å². The van der Waals surface area contributed by atoms with Crippen LogP contribution in [0.15, 0.2) is 108 Å². The number of aromatic nitrogens is 1. The predicted molar refractivity (Wildman–Crippen MR) is 172 cm³/mol. The summed E-state index contributed by atoms with van der Waals surface area (Å²) in [4.78, 5) is 30.2. The van der Waals surface area contributed by atoms with Crippen molar-refractivity contribution >= 4 is 50.0 Å². The number of benzene rings is 4. The molecule has 0 radical (unpaired) electrons. The first-order chi connectivity index (χ1) is 21.8. The van der Waals surface area contributed by atoms with E-state index in [1.165, 1.54) is 36.5 Å². The van der Waals surface area contributed by atoms with Gasteiger partial charge in [0.25, 0.3) is 15.9 Å². The molecule has 11 heteroatoms. The number of nitrogens with zero attached hydrogens (tertiary/aromatic N) is 2. The van der Waals surface area contributed by atoms with Gasteiger partial charge in [-0.2, -0.15) is 0 Å². The average Bonchev–Trinajstić information content (AvgIpc) is 3.45. The minimum Gasteiger partial charge on any atom is -0.495 e. The lowest BCUT2D eigenvalue weighted by Gasteiger charge is -2.41. The molecule has 2 atom stereocenters. The van der Waals surface area contributed by atoms with E-state index >= 15 is 0 Å². The van der Waals surface area contributed by atoms with E-state index in [-0.39, 0.29) is 24.0 Å². The molecular formula is C34H30ClN3O6S. The SMILES string of the molecule is COCCN1C(=O)c2ccccc2[C@H](C(=O)Nc2ccc(OC)c(Cl)c2)[C@@H]1c1cn(S(=O)(=O)c2ccccc2)c2ccccc12. The number of para-hydroxylation sites is 1. The summed E-state index contributed by atoms with van der Waals surface area (Å²) >= 11 is 6.36. The molecule has 0 unspecified atom stereocenters. The van der Waals surface area contributed by atoms with E-state index in [4.69, 9.17) is 21.1 Å². The van der Waals surface area contributed by atoms with Crippen LogP contribution in [-0.2, 0) is 19.6 Å². The monoisotopic (exact) mass is 643 g/mol. The first-order valence-electron chi connectivity index (χ1n) is 14.2. The Bertz CT molecular complexity index is 2010. The maximum atomic E-state index is 14.4. The van der Waals surface area contributed by atoms with Crippen molar-refractivity contribution in [2.24, 2.45) is 0 Å². The molecule has 0 bridgehead atoms. The van der Waals surface area contributed by atoms with Gasteiger partial charge in [0.2, 0.25) is 5.91 Å². The van der Waals surface area contributed by atoms with E-state index in [9.17, 15) is 18.0 Å². The Morgan fingerprint density at radius 2 is 1.62 bits per heavy atom. The van der Waals surface area contributed by atoms with Crippen LogP contribution >= 0.6 is 11.6 Å². The molecule has 5 aromatic rings. The van der Waals surface area contributed by atoms with E-state index in [1.807, 2.05) is 0 Å². The molecule has 0 fully saturated rings.